The van der Waals surface area contributed by atoms with Gasteiger partial charge in [-0.05, 0) is 36.2 Å². The highest BCUT2D eigenvalue weighted by Gasteiger charge is 2.28. The Balaban J connectivity index is 1.48. The lowest BCUT2D eigenvalue weighted by Crippen LogP contribution is -2.37. The van der Waals surface area contributed by atoms with Crippen molar-refractivity contribution in [3.05, 3.63) is 101 Å². The van der Waals surface area contributed by atoms with E-state index in [2.05, 4.69) is 12.1 Å². The average molecular weight is 455 g/mol. The molecule has 1 aliphatic rings. The molecule has 2 aromatic carbocycles. The van der Waals surface area contributed by atoms with Crippen molar-refractivity contribution in [2.75, 3.05) is 18.5 Å². The lowest BCUT2D eigenvalue weighted by molar-refractivity contribution is 0.0731. The molecule has 0 fully saturated rings. The number of carbonyl (C=O) groups excluding carboxylic acids is 1. The summed E-state index contributed by atoms with van der Waals surface area (Å²) in [5, 5.41) is 0. The Kier molecular flexibility index (Phi) is 5.99. The largest absolute Gasteiger partial charge is 0.472 e. The summed E-state index contributed by atoms with van der Waals surface area (Å²) in [4.78, 5) is 26.4. The molecule has 5 rings (SSSR count). The molecule has 0 bridgehead atoms. The normalized spacial score (nSPS) is 12.8. The van der Waals surface area contributed by atoms with E-state index in [0.29, 0.717) is 49.2 Å². The molecule has 7 heteroatoms. The molecule has 2 aromatic heterocycles. The van der Waals surface area contributed by atoms with Crippen molar-refractivity contribution in [2.45, 2.75) is 26.4 Å². The topological polar surface area (TPSA) is 71.7 Å². The van der Waals surface area contributed by atoms with Crippen molar-refractivity contribution in [1.82, 2.24) is 14.9 Å². The first-order valence-corrected chi connectivity index (χ1v) is 11.3. The Morgan fingerprint density at radius 2 is 1.97 bits per heavy atom. The fourth-order valence-corrected chi connectivity index (χ4v) is 4.09. The zero-order valence-electron chi connectivity index (χ0n) is 19.3. The quantitative estimate of drug-likeness (QED) is 0.408. The van der Waals surface area contributed by atoms with Crippen molar-refractivity contribution in [1.29, 1.82) is 0 Å². The van der Waals surface area contributed by atoms with Gasteiger partial charge >= 0.3 is 0 Å². The molecule has 0 radical (unpaired) electrons. The number of carbonyl (C=O) groups is 1. The highest BCUT2D eigenvalue weighted by molar-refractivity contribution is 5.94. The van der Waals surface area contributed by atoms with Crippen molar-refractivity contribution in [3.63, 3.8) is 0 Å². The molecule has 0 aliphatic carbocycles. The molecule has 7 nitrogen and oxygen atoms in total. The molecule has 0 N–H and O–H groups in total. The monoisotopic (exact) mass is 454 g/mol. The van der Waals surface area contributed by atoms with Crippen LogP contribution in [0.1, 0.15) is 32.7 Å². The molecule has 0 saturated heterocycles. The van der Waals surface area contributed by atoms with Crippen molar-refractivity contribution in [2.24, 2.45) is 0 Å². The van der Waals surface area contributed by atoms with E-state index in [4.69, 9.17) is 19.1 Å². The van der Waals surface area contributed by atoms with E-state index in [1.165, 1.54) is 18.1 Å². The number of fused-ring (bicyclic) bond motifs is 1. The molecule has 0 saturated carbocycles. The van der Waals surface area contributed by atoms with Gasteiger partial charge in [0.05, 0.1) is 29.6 Å². The van der Waals surface area contributed by atoms with Crippen LogP contribution in [0, 0.1) is 6.92 Å². The Labute approximate surface area is 198 Å². The van der Waals surface area contributed by atoms with Crippen LogP contribution >= 0.6 is 0 Å². The number of aryl methyl sites for hydroxylation is 1. The van der Waals surface area contributed by atoms with Crippen LogP contribution in [0.3, 0.4) is 0 Å². The minimum Gasteiger partial charge on any atom is -0.472 e. The summed E-state index contributed by atoms with van der Waals surface area (Å²) >= 11 is 0. The van der Waals surface area contributed by atoms with E-state index in [1.54, 1.807) is 11.0 Å². The zero-order valence-corrected chi connectivity index (χ0v) is 19.3. The van der Waals surface area contributed by atoms with Crippen LogP contribution < -0.4 is 9.64 Å². The van der Waals surface area contributed by atoms with E-state index in [-0.39, 0.29) is 5.91 Å². The van der Waals surface area contributed by atoms with Gasteiger partial charge in [-0.2, -0.15) is 4.98 Å². The van der Waals surface area contributed by atoms with Gasteiger partial charge in [0, 0.05) is 26.6 Å². The number of nitrogens with zero attached hydrogens (tertiary/aromatic N) is 4. The van der Waals surface area contributed by atoms with E-state index in [1.807, 2.05) is 61.3 Å². The van der Waals surface area contributed by atoms with Crippen LogP contribution in [-0.4, -0.2) is 34.4 Å². The second-order valence-corrected chi connectivity index (χ2v) is 8.50. The standard InChI is InChI=1S/C27H26N4O3/c1-19-7-6-10-22(15-19)34-25-23-17-31(26(32)21-12-14-33-18-21)13-11-24(23)28-27(29-25)30(2)16-20-8-4-3-5-9-20/h3-10,12,14-15,18H,11,13,16-17H2,1-2H3. The van der Waals surface area contributed by atoms with Crippen molar-refractivity contribution >= 4 is 11.9 Å². The van der Waals surface area contributed by atoms with Crippen molar-refractivity contribution < 1.29 is 13.9 Å². The molecule has 1 aliphatic heterocycles. The SMILES string of the molecule is Cc1cccc(Oc2nc(N(C)Cc3ccccc3)nc3c2CN(C(=O)c2ccoc2)CC3)c1. The number of rotatable bonds is 6. The first kappa shape index (κ1) is 21.7. The number of ether oxygens (including phenoxy) is 1. The highest BCUT2D eigenvalue weighted by Crippen LogP contribution is 2.32. The van der Waals surface area contributed by atoms with Crippen LogP contribution in [0.5, 0.6) is 11.6 Å². The maximum Gasteiger partial charge on any atom is 0.257 e. The molecule has 3 heterocycles. The van der Waals surface area contributed by atoms with Gasteiger partial charge in [-0.25, -0.2) is 4.98 Å². The number of anilines is 1. The molecule has 4 aromatic rings. The van der Waals surface area contributed by atoms with E-state index >= 15 is 0 Å². The number of aromatic nitrogens is 2. The molecule has 1 amide bonds. The molecular formula is C27H26N4O3. The minimum absolute atomic E-state index is 0.0776. The number of benzene rings is 2. The first-order chi connectivity index (χ1) is 16.6. The maximum absolute atomic E-state index is 12.9. The fourth-order valence-electron chi connectivity index (χ4n) is 4.09. The molecule has 34 heavy (non-hydrogen) atoms. The third kappa shape index (κ3) is 4.64. The predicted molar refractivity (Wildman–Crippen MR) is 129 cm³/mol. The summed E-state index contributed by atoms with van der Waals surface area (Å²) in [6.07, 6.45) is 3.60. The summed E-state index contributed by atoms with van der Waals surface area (Å²) < 4.78 is 11.4. The summed E-state index contributed by atoms with van der Waals surface area (Å²) in [5.41, 5.74) is 4.54. The molecule has 0 spiro atoms. The van der Waals surface area contributed by atoms with Gasteiger partial charge in [0.15, 0.2) is 0 Å². The van der Waals surface area contributed by atoms with Gasteiger partial charge in [0.1, 0.15) is 12.0 Å². The Morgan fingerprint density at radius 1 is 1.12 bits per heavy atom. The summed E-state index contributed by atoms with van der Waals surface area (Å²) in [5.74, 6) is 1.71. The third-order valence-corrected chi connectivity index (χ3v) is 5.87. The van der Waals surface area contributed by atoms with E-state index in [9.17, 15) is 4.79 Å². The van der Waals surface area contributed by atoms with Crippen molar-refractivity contribution in [3.8, 4) is 11.6 Å². The first-order valence-electron chi connectivity index (χ1n) is 11.3. The van der Waals surface area contributed by atoms with Crippen LogP contribution in [0.15, 0.2) is 77.6 Å². The van der Waals surface area contributed by atoms with Gasteiger partial charge in [-0.15, -0.1) is 0 Å². The number of furan rings is 1. The van der Waals surface area contributed by atoms with Crippen LogP contribution in [0.25, 0.3) is 0 Å². The smallest absolute Gasteiger partial charge is 0.257 e. The molecule has 172 valence electrons. The summed E-state index contributed by atoms with van der Waals surface area (Å²) in [6.45, 7) is 3.64. The van der Waals surface area contributed by atoms with Gasteiger partial charge in [0.2, 0.25) is 11.8 Å². The van der Waals surface area contributed by atoms with E-state index < -0.39 is 0 Å². The Hall–Kier alpha value is -4.13. The second-order valence-electron chi connectivity index (χ2n) is 8.50. The number of hydrogen-bond acceptors (Lipinski definition) is 6. The van der Waals surface area contributed by atoms with Gasteiger partial charge in [-0.1, -0.05) is 42.5 Å². The lowest BCUT2D eigenvalue weighted by atomic mass is 10.1. The van der Waals surface area contributed by atoms with Gasteiger partial charge < -0.3 is 19.0 Å². The average Bonchev–Trinajstić information content (AvgIpc) is 3.39. The lowest BCUT2D eigenvalue weighted by Gasteiger charge is -2.30. The van der Waals surface area contributed by atoms with E-state index in [0.717, 1.165) is 16.8 Å². The van der Waals surface area contributed by atoms with Gasteiger partial charge in [-0.3, -0.25) is 4.79 Å². The Morgan fingerprint density at radius 3 is 2.74 bits per heavy atom. The minimum atomic E-state index is -0.0776. The predicted octanol–water partition coefficient (Wildman–Crippen LogP) is 5.01. The van der Waals surface area contributed by atoms with Crippen LogP contribution in [0.2, 0.25) is 0 Å². The molecule has 0 unspecified atom stereocenters. The Bertz CT molecular complexity index is 1290. The third-order valence-electron chi connectivity index (χ3n) is 5.87. The molecule has 0 atom stereocenters. The summed E-state index contributed by atoms with van der Waals surface area (Å²) in [6, 6.07) is 19.7. The van der Waals surface area contributed by atoms with Gasteiger partial charge in [0.25, 0.3) is 5.91 Å². The fraction of sp³-hybridized carbons (Fsp3) is 0.222. The number of hydrogen-bond donors (Lipinski definition) is 0. The van der Waals surface area contributed by atoms with Crippen LogP contribution in [0.4, 0.5) is 5.95 Å². The molecular weight excluding hydrogens is 428 g/mol. The highest BCUT2D eigenvalue weighted by atomic mass is 16.5. The number of amides is 1. The maximum atomic E-state index is 12.9. The van der Waals surface area contributed by atoms with Crippen LogP contribution in [-0.2, 0) is 19.5 Å². The summed E-state index contributed by atoms with van der Waals surface area (Å²) in [7, 11) is 1.97. The zero-order chi connectivity index (χ0) is 23.5. The second kappa shape index (κ2) is 9.39.